The molecule has 0 saturated heterocycles. The molecule has 498 valence electrons. The molecule has 0 heterocycles. The summed E-state index contributed by atoms with van der Waals surface area (Å²) in [5.41, 5.74) is 0. The molecular formula is C76H137N2O7P. The highest BCUT2D eigenvalue weighted by molar-refractivity contribution is 7.45. The van der Waals surface area contributed by atoms with Gasteiger partial charge in [0.05, 0.1) is 33.8 Å². The molecule has 0 aliphatic rings. The minimum absolute atomic E-state index is 0.0323. The minimum Gasteiger partial charge on any atom is -0.756 e. The van der Waals surface area contributed by atoms with Gasteiger partial charge in [0.2, 0.25) is 5.91 Å². The summed E-state index contributed by atoms with van der Waals surface area (Å²) in [6.45, 7) is 6.72. The Balaban J connectivity index is 5.08. The molecule has 86 heavy (non-hydrogen) atoms. The van der Waals surface area contributed by atoms with Crippen molar-refractivity contribution in [3.63, 3.8) is 0 Å². The monoisotopic (exact) mass is 1220 g/mol. The lowest BCUT2D eigenvalue weighted by Gasteiger charge is -2.30. The number of nitrogens with zero attached hydrogens (tertiary/aromatic N) is 1. The lowest BCUT2D eigenvalue weighted by molar-refractivity contribution is -0.870. The Morgan fingerprint density at radius 3 is 1.14 bits per heavy atom. The number of phosphoric ester groups is 1. The number of hydrogen-bond acceptors (Lipinski definition) is 7. The average molecular weight is 1220 g/mol. The number of nitrogens with one attached hydrogen (secondary N) is 1. The Bertz CT molecular complexity index is 1790. The number of carbonyl (C=O) groups excluding carboxylic acids is 2. The van der Waals surface area contributed by atoms with Crippen molar-refractivity contribution in [3.05, 3.63) is 97.2 Å². The van der Waals surface area contributed by atoms with E-state index in [9.17, 15) is 19.0 Å². The van der Waals surface area contributed by atoms with Crippen LogP contribution in [0.2, 0.25) is 0 Å². The van der Waals surface area contributed by atoms with Gasteiger partial charge in [-0.25, -0.2) is 0 Å². The summed E-state index contributed by atoms with van der Waals surface area (Å²) in [5, 5.41) is 3.03. The van der Waals surface area contributed by atoms with Gasteiger partial charge in [0.25, 0.3) is 7.82 Å². The van der Waals surface area contributed by atoms with Crippen LogP contribution < -0.4 is 10.2 Å². The molecule has 3 atom stereocenters. The number of carbonyl (C=O) groups is 2. The summed E-state index contributed by atoms with van der Waals surface area (Å²) in [7, 11) is 1.16. The predicted octanol–water partition coefficient (Wildman–Crippen LogP) is 22.4. The van der Waals surface area contributed by atoms with E-state index in [4.69, 9.17) is 13.8 Å². The van der Waals surface area contributed by atoms with Crippen LogP contribution in [0.25, 0.3) is 0 Å². The van der Waals surface area contributed by atoms with Gasteiger partial charge in [0.15, 0.2) is 0 Å². The van der Waals surface area contributed by atoms with Crippen LogP contribution in [0, 0.1) is 0 Å². The third-order valence-corrected chi connectivity index (χ3v) is 16.7. The van der Waals surface area contributed by atoms with Gasteiger partial charge in [-0.2, -0.15) is 0 Å². The van der Waals surface area contributed by atoms with Crippen LogP contribution in [-0.4, -0.2) is 69.4 Å². The van der Waals surface area contributed by atoms with E-state index in [1.807, 2.05) is 33.3 Å². The third kappa shape index (κ3) is 65.4. The Morgan fingerprint density at radius 1 is 0.419 bits per heavy atom. The Labute approximate surface area is 532 Å². The lowest BCUT2D eigenvalue weighted by atomic mass is 10.0. The highest BCUT2D eigenvalue weighted by Crippen LogP contribution is 2.38. The van der Waals surface area contributed by atoms with E-state index in [0.29, 0.717) is 23.9 Å². The molecule has 0 spiro atoms. The molecule has 0 rings (SSSR count). The van der Waals surface area contributed by atoms with Crippen molar-refractivity contribution < 1.29 is 37.3 Å². The zero-order valence-corrected chi connectivity index (χ0v) is 57.9. The maximum atomic E-state index is 13.6. The van der Waals surface area contributed by atoms with Crippen LogP contribution in [0.15, 0.2) is 97.2 Å². The second kappa shape index (κ2) is 64.9. The molecule has 0 aromatic rings. The van der Waals surface area contributed by atoms with Crippen LogP contribution in [-0.2, 0) is 27.9 Å². The first-order valence-corrected chi connectivity index (χ1v) is 37.5. The maximum absolute atomic E-state index is 13.6. The third-order valence-electron chi connectivity index (χ3n) is 15.7. The van der Waals surface area contributed by atoms with E-state index >= 15 is 0 Å². The number of esters is 1. The van der Waals surface area contributed by atoms with Crippen molar-refractivity contribution in [1.82, 2.24) is 5.32 Å². The van der Waals surface area contributed by atoms with E-state index in [1.54, 1.807) is 0 Å². The number of likely N-dealkylation sites (N-methyl/N-ethyl adjacent to an activating group) is 1. The van der Waals surface area contributed by atoms with Crippen LogP contribution >= 0.6 is 7.82 Å². The molecule has 0 saturated carbocycles. The summed E-state index contributed by atoms with van der Waals surface area (Å²) in [5.74, 6) is -0.586. The standard InChI is InChI=1S/C76H137N2O7P/c1-7-10-13-16-19-22-25-28-30-32-34-36-37-38-39-40-41-43-44-46-48-50-53-56-59-62-65-68-75(79)77-73(72-84-86(81,82)83-71-70-78(4,5)6)74(67-64-61-58-55-52-27-24-21-18-15-12-9-3)85-76(80)69-66-63-60-57-54-51-49-47-45-42-35-33-31-29-26-23-20-17-14-11-8-2/h11,14,20,23,28-31,35,42,47,49,54,57,64,67,73-74H,7-10,12-13,15-19,21-22,24-27,32-34,36-41,43-46,48,50-53,55-56,58-63,65-66,68-72H2,1-6H3,(H-,77,79,81,82)/b14-11-,23-20-,30-28+,31-29-,42-35-,49-47-,57-54-,67-64-. The van der Waals surface area contributed by atoms with Gasteiger partial charge < -0.3 is 28.5 Å². The number of phosphoric acid groups is 1. The van der Waals surface area contributed by atoms with E-state index in [0.717, 1.165) is 89.9 Å². The number of rotatable bonds is 65. The molecule has 9 nitrogen and oxygen atoms in total. The molecule has 0 aliphatic carbocycles. The topological polar surface area (TPSA) is 114 Å². The molecule has 1 amide bonds. The summed E-state index contributed by atoms with van der Waals surface area (Å²) in [4.78, 5) is 40.2. The van der Waals surface area contributed by atoms with Crippen molar-refractivity contribution in [2.75, 3.05) is 40.9 Å². The number of quaternary nitrogens is 1. The van der Waals surface area contributed by atoms with Crippen molar-refractivity contribution in [3.8, 4) is 0 Å². The Kier molecular flexibility index (Phi) is 62.6. The smallest absolute Gasteiger partial charge is 0.306 e. The zero-order valence-electron chi connectivity index (χ0n) is 57.0. The fourth-order valence-electron chi connectivity index (χ4n) is 10.2. The van der Waals surface area contributed by atoms with Crippen molar-refractivity contribution in [1.29, 1.82) is 0 Å². The van der Waals surface area contributed by atoms with Crippen molar-refractivity contribution >= 4 is 19.7 Å². The molecule has 0 radical (unpaired) electrons. The lowest BCUT2D eigenvalue weighted by Crippen LogP contribution is -2.47. The SMILES string of the molecule is CC/C=C\C/C=C\C/C=C\C/C=C\C/C=C\C/C=C\CCCCC(=O)OC(/C=C\CCCCCCCCCCCC)C(COP(=O)([O-])OCC[N+](C)(C)C)NC(=O)CCCCCCCCCCCCCCCCCCC/C=C/CCCCCCCC. The van der Waals surface area contributed by atoms with E-state index < -0.39 is 26.6 Å². The van der Waals surface area contributed by atoms with Gasteiger partial charge in [-0.15, -0.1) is 0 Å². The molecule has 0 aromatic heterocycles. The Hall–Kier alpha value is -3.07. The minimum atomic E-state index is -4.72. The van der Waals surface area contributed by atoms with E-state index in [-0.39, 0.29) is 24.9 Å². The highest BCUT2D eigenvalue weighted by Gasteiger charge is 2.27. The quantitative estimate of drug-likeness (QED) is 0.0212. The molecule has 3 unspecified atom stereocenters. The van der Waals surface area contributed by atoms with Crippen LogP contribution in [0.3, 0.4) is 0 Å². The summed E-state index contributed by atoms with van der Waals surface area (Å²) in [6, 6.07) is -0.912. The van der Waals surface area contributed by atoms with Gasteiger partial charge >= 0.3 is 5.97 Å². The van der Waals surface area contributed by atoms with Crippen molar-refractivity contribution in [2.24, 2.45) is 0 Å². The molecule has 0 fully saturated rings. The first-order valence-electron chi connectivity index (χ1n) is 36.0. The fourth-order valence-corrected chi connectivity index (χ4v) is 11.0. The van der Waals surface area contributed by atoms with Gasteiger partial charge in [0.1, 0.15) is 19.3 Å². The first-order chi connectivity index (χ1) is 41.9. The predicted molar refractivity (Wildman–Crippen MR) is 371 cm³/mol. The van der Waals surface area contributed by atoms with Crippen molar-refractivity contribution in [2.45, 2.75) is 335 Å². The molecule has 0 bridgehead atoms. The van der Waals surface area contributed by atoms with Gasteiger partial charge in [-0.1, -0.05) is 298 Å². The number of hydrogen-bond donors (Lipinski definition) is 1. The van der Waals surface area contributed by atoms with E-state index in [2.05, 4.69) is 111 Å². The molecule has 10 heteroatoms. The summed E-state index contributed by atoms with van der Waals surface area (Å²) >= 11 is 0. The van der Waals surface area contributed by atoms with Crippen LogP contribution in [0.4, 0.5) is 0 Å². The second-order valence-corrected chi connectivity index (χ2v) is 26.8. The van der Waals surface area contributed by atoms with E-state index in [1.165, 1.54) is 193 Å². The maximum Gasteiger partial charge on any atom is 0.306 e. The second-order valence-electron chi connectivity index (χ2n) is 25.4. The average Bonchev–Trinajstić information content (AvgIpc) is 3.69. The zero-order chi connectivity index (χ0) is 62.8. The van der Waals surface area contributed by atoms with Gasteiger partial charge in [0, 0.05) is 12.8 Å². The van der Waals surface area contributed by atoms with Gasteiger partial charge in [-0.05, 0) is 109 Å². The van der Waals surface area contributed by atoms with Crippen LogP contribution in [0.1, 0.15) is 323 Å². The summed E-state index contributed by atoms with van der Waals surface area (Å²) < 4.78 is 30.4. The number of ether oxygens (including phenoxy) is 1. The largest absolute Gasteiger partial charge is 0.756 e. The first kappa shape index (κ1) is 82.9. The van der Waals surface area contributed by atoms with Crippen LogP contribution in [0.5, 0.6) is 0 Å². The molecule has 1 N–H and O–H groups in total. The summed E-state index contributed by atoms with van der Waals surface area (Å²) in [6.07, 6.45) is 88.3. The fraction of sp³-hybridized carbons (Fsp3) is 0.763. The normalized spacial score (nSPS) is 14.1. The molecular weight excluding hydrogens is 1080 g/mol. The van der Waals surface area contributed by atoms with Gasteiger partial charge in [-0.3, -0.25) is 14.2 Å². The number of allylic oxidation sites excluding steroid dienone is 15. The number of unbranched alkanes of at least 4 members (excludes halogenated alkanes) is 35. The highest BCUT2D eigenvalue weighted by atomic mass is 31.2. The Morgan fingerprint density at radius 2 is 0.744 bits per heavy atom. The number of amides is 1. The molecule has 0 aliphatic heterocycles. The molecule has 0 aromatic carbocycles.